The average molecular weight is 592 g/mol. The molecule has 1 aromatic heterocycles. The first-order chi connectivity index (χ1) is 20.0. The molecule has 8 heteroatoms. The summed E-state index contributed by atoms with van der Waals surface area (Å²) in [5.41, 5.74) is 9.19. The quantitative estimate of drug-likeness (QED) is 0.329. The molecule has 2 aliphatic rings. The van der Waals surface area contributed by atoms with Gasteiger partial charge in [-0.05, 0) is 113 Å². The minimum atomic E-state index is -0.516. The third-order valence-electron chi connectivity index (χ3n) is 8.33. The zero-order valence-corrected chi connectivity index (χ0v) is 27.0. The Balaban J connectivity index is 1.34. The maximum Gasteiger partial charge on any atom is 0.312 e. The maximum absolute atomic E-state index is 12.8. The van der Waals surface area contributed by atoms with Crippen LogP contribution in [-0.2, 0) is 33.7 Å². The number of piperidine rings is 1. The van der Waals surface area contributed by atoms with E-state index in [1.165, 1.54) is 27.8 Å². The summed E-state index contributed by atoms with van der Waals surface area (Å²) in [5, 5.41) is 6.55. The molecule has 226 valence electrons. The number of aryl methyl sites for hydroxylation is 2. The van der Waals surface area contributed by atoms with Crippen molar-refractivity contribution in [2.75, 3.05) is 38.2 Å². The predicted octanol–water partition coefficient (Wildman–Crippen LogP) is 6.19. The molecular weight excluding hydrogens is 546 g/mol. The molecule has 1 N–H and O–H groups in total. The first-order valence-corrected chi connectivity index (χ1v) is 15.9. The monoisotopic (exact) mass is 591 g/mol. The number of hydrogen-bond donors (Lipinski definition) is 1. The van der Waals surface area contributed by atoms with E-state index in [9.17, 15) is 4.79 Å². The van der Waals surface area contributed by atoms with Gasteiger partial charge in [-0.3, -0.25) is 4.79 Å². The zero-order valence-electron chi connectivity index (χ0n) is 26.1. The van der Waals surface area contributed by atoms with E-state index >= 15 is 0 Å². The lowest BCUT2D eigenvalue weighted by molar-refractivity contribution is -0.165. The number of hydrogen-bond acceptors (Lipinski definition) is 8. The molecular formula is C34H45N3O4S. The van der Waals surface area contributed by atoms with Crippen LogP contribution in [0.4, 0.5) is 5.13 Å². The maximum atomic E-state index is 12.8. The molecule has 0 bridgehead atoms. The van der Waals surface area contributed by atoms with Crippen LogP contribution < -0.4 is 15.0 Å². The Morgan fingerprint density at radius 2 is 1.93 bits per heavy atom. The van der Waals surface area contributed by atoms with E-state index in [0.717, 1.165) is 60.2 Å². The van der Waals surface area contributed by atoms with Crippen molar-refractivity contribution in [3.05, 3.63) is 63.0 Å². The highest BCUT2D eigenvalue weighted by Crippen LogP contribution is 2.38. The molecule has 2 aromatic carbocycles. The SMILES string of the molecule is CO[C@H]1CN(c2nc(-c3cc(C)cc(C)c3OCc3ccc4c(c3C)CCNCC4)cs2)CC[C@H]1C(=O)OC(C)(C)C. The van der Waals surface area contributed by atoms with E-state index in [0.29, 0.717) is 19.6 Å². The van der Waals surface area contributed by atoms with Gasteiger partial charge in [-0.1, -0.05) is 18.2 Å². The van der Waals surface area contributed by atoms with Crippen LogP contribution in [0.5, 0.6) is 5.75 Å². The first-order valence-electron chi connectivity index (χ1n) is 15.1. The van der Waals surface area contributed by atoms with Crippen LogP contribution in [0.3, 0.4) is 0 Å². The van der Waals surface area contributed by atoms with Gasteiger partial charge in [0.05, 0.1) is 17.7 Å². The van der Waals surface area contributed by atoms with E-state index in [-0.39, 0.29) is 18.0 Å². The number of ether oxygens (including phenoxy) is 3. The van der Waals surface area contributed by atoms with Crippen LogP contribution in [0.1, 0.15) is 60.6 Å². The lowest BCUT2D eigenvalue weighted by Gasteiger charge is -2.37. The number of aromatic nitrogens is 1. The van der Waals surface area contributed by atoms with Crippen molar-refractivity contribution < 1.29 is 19.0 Å². The topological polar surface area (TPSA) is 72.9 Å². The summed E-state index contributed by atoms with van der Waals surface area (Å²) in [4.78, 5) is 20.1. The molecule has 0 aliphatic carbocycles. The number of anilines is 1. The number of nitrogens with one attached hydrogen (secondary N) is 1. The van der Waals surface area contributed by atoms with Crippen molar-refractivity contribution in [3.8, 4) is 17.0 Å². The van der Waals surface area contributed by atoms with Crippen molar-refractivity contribution in [1.82, 2.24) is 10.3 Å². The average Bonchev–Trinajstić information content (AvgIpc) is 3.30. The number of benzene rings is 2. The number of carbonyl (C=O) groups excluding carboxylic acids is 1. The number of nitrogens with zero attached hydrogens (tertiary/aromatic N) is 2. The van der Waals surface area contributed by atoms with E-state index in [1.54, 1.807) is 18.4 Å². The van der Waals surface area contributed by atoms with Crippen LogP contribution in [0.15, 0.2) is 29.6 Å². The summed E-state index contributed by atoms with van der Waals surface area (Å²) >= 11 is 1.62. The molecule has 1 fully saturated rings. The number of fused-ring (bicyclic) bond motifs is 1. The molecule has 0 spiro atoms. The molecule has 7 nitrogen and oxygen atoms in total. The van der Waals surface area contributed by atoms with E-state index in [4.69, 9.17) is 19.2 Å². The van der Waals surface area contributed by atoms with Crippen LogP contribution in [0, 0.1) is 26.7 Å². The van der Waals surface area contributed by atoms with Gasteiger partial charge in [0.1, 0.15) is 18.0 Å². The Morgan fingerprint density at radius 1 is 1.14 bits per heavy atom. The number of carbonyl (C=O) groups is 1. The molecule has 3 aromatic rings. The molecule has 1 saturated heterocycles. The summed E-state index contributed by atoms with van der Waals surface area (Å²) in [5.74, 6) is 0.413. The second-order valence-electron chi connectivity index (χ2n) is 12.6. The highest BCUT2D eigenvalue weighted by atomic mass is 32.1. The van der Waals surface area contributed by atoms with Gasteiger partial charge in [0.15, 0.2) is 5.13 Å². The second kappa shape index (κ2) is 12.7. The molecule has 2 atom stereocenters. The Labute approximate surface area is 254 Å². The van der Waals surface area contributed by atoms with E-state index < -0.39 is 5.60 Å². The minimum Gasteiger partial charge on any atom is -0.488 e. The first kappa shape index (κ1) is 30.5. The normalized spacial score (nSPS) is 19.3. The minimum absolute atomic E-state index is 0.188. The lowest BCUT2D eigenvalue weighted by Crippen LogP contribution is -2.49. The van der Waals surface area contributed by atoms with Crippen molar-refractivity contribution in [1.29, 1.82) is 0 Å². The number of esters is 1. The molecule has 42 heavy (non-hydrogen) atoms. The van der Waals surface area contributed by atoms with Gasteiger partial charge >= 0.3 is 5.97 Å². The fourth-order valence-corrected chi connectivity index (χ4v) is 7.02. The zero-order chi connectivity index (χ0) is 30.0. The standard InChI is InChI=1S/C34H45N3O4S/c1-21-16-22(2)31(40-19-25-9-8-24-10-13-35-14-11-26(24)23(25)3)28(17-21)29-20-42-33(36-29)37-15-12-27(30(18-37)39-7)32(38)41-34(4,5)6/h8-9,16-17,20,27,30,35H,10-15,18-19H2,1-7H3/t27-,30+/m1/s1. The Hall–Kier alpha value is -2.94. The third-order valence-corrected chi connectivity index (χ3v) is 9.23. The largest absolute Gasteiger partial charge is 0.488 e. The summed E-state index contributed by atoms with van der Waals surface area (Å²) in [6, 6.07) is 8.86. The Bertz CT molecular complexity index is 1430. The van der Waals surface area contributed by atoms with Crippen molar-refractivity contribution in [3.63, 3.8) is 0 Å². The van der Waals surface area contributed by atoms with Gasteiger partial charge in [0, 0.05) is 31.1 Å². The summed E-state index contributed by atoms with van der Waals surface area (Å²) in [7, 11) is 1.67. The van der Waals surface area contributed by atoms with Gasteiger partial charge in [0.2, 0.25) is 0 Å². The second-order valence-corrected chi connectivity index (χ2v) is 13.5. The predicted molar refractivity (Wildman–Crippen MR) is 170 cm³/mol. The Kier molecular flexibility index (Phi) is 9.26. The van der Waals surface area contributed by atoms with Gasteiger partial charge in [-0.2, -0.15) is 0 Å². The molecule has 0 saturated carbocycles. The summed E-state index contributed by atoms with van der Waals surface area (Å²) in [6.07, 6.45) is 2.55. The highest BCUT2D eigenvalue weighted by Gasteiger charge is 2.38. The molecule has 0 unspecified atom stereocenters. The van der Waals surface area contributed by atoms with E-state index in [2.05, 4.69) is 60.6 Å². The van der Waals surface area contributed by atoms with Gasteiger partial charge in [-0.15, -0.1) is 11.3 Å². The molecule has 0 amide bonds. The third kappa shape index (κ3) is 6.82. The molecule has 0 radical (unpaired) electrons. The highest BCUT2D eigenvalue weighted by molar-refractivity contribution is 7.14. The number of thiazole rings is 1. The summed E-state index contributed by atoms with van der Waals surface area (Å²) < 4.78 is 18.0. The van der Waals surface area contributed by atoms with Gasteiger partial charge < -0.3 is 24.4 Å². The van der Waals surface area contributed by atoms with Crippen LogP contribution in [-0.4, -0.2) is 55.9 Å². The summed E-state index contributed by atoms with van der Waals surface area (Å²) in [6.45, 7) is 16.1. The molecule has 5 rings (SSSR count). The number of methoxy groups -OCH3 is 1. The van der Waals surface area contributed by atoms with E-state index in [1.807, 2.05) is 20.8 Å². The lowest BCUT2D eigenvalue weighted by atomic mass is 9.93. The molecule has 3 heterocycles. The fraction of sp³-hybridized carbons (Fsp3) is 0.529. The van der Waals surface area contributed by atoms with Crippen molar-refractivity contribution in [2.24, 2.45) is 5.92 Å². The fourth-order valence-electron chi connectivity index (χ4n) is 6.16. The van der Waals surface area contributed by atoms with Crippen LogP contribution in [0.25, 0.3) is 11.3 Å². The molecule has 2 aliphatic heterocycles. The van der Waals surface area contributed by atoms with Gasteiger partial charge in [-0.25, -0.2) is 4.98 Å². The van der Waals surface area contributed by atoms with Crippen molar-refractivity contribution in [2.45, 2.75) is 79.1 Å². The van der Waals surface area contributed by atoms with Crippen molar-refractivity contribution >= 4 is 22.4 Å². The Morgan fingerprint density at radius 3 is 2.69 bits per heavy atom. The van der Waals surface area contributed by atoms with Crippen LogP contribution in [0.2, 0.25) is 0 Å². The number of rotatable bonds is 7. The van der Waals surface area contributed by atoms with Crippen LogP contribution >= 0.6 is 11.3 Å². The van der Waals surface area contributed by atoms with Gasteiger partial charge in [0.25, 0.3) is 0 Å². The smallest absolute Gasteiger partial charge is 0.312 e.